The number of allylic oxidation sites excluding steroid dienone is 6. The first-order chi connectivity index (χ1) is 21.1. The summed E-state index contributed by atoms with van der Waals surface area (Å²) in [5.74, 6) is -0.668. The van der Waals surface area contributed by atoms with Gasteiger partial charge in [-0.3, -0.25) is 9.59 Å². The summed E-state index contributed by atoms with van der Waals surface area (Å²) < 4.78 is 5.90. The quantitative estimate of drug-likeness (QED) is 0.0461. The Balaban J connectivity index is 3.64. The first-order valence-corrected chi connectivity index (χ1v) is 18.5. The Morgan fingerprint density at radius 1 is 0.535 bits per heavy atom. The maximum absolute atomic E-state index is 12.5. The van der Waals surface area contributed by atoms with E-state index in [0.29, 0.717) is 12.8 Å². The third-order valence-corrected chi connectivity index (χ3v) is 8.13. The summed E-state index contributed by atoms with van der Waals surface area (Å²) in [7, 11) is 0. The molecule has 0 saturated carbocycles. The smallest absolute Gasteiger partial charge is 0.306 e. The van der Waals surface area contributed by atoms with E-state index in [0.717, 1.165) is 83.5 Å². The molecule has 0 aliphatic rings. The Bertz CT molecular complexity index is 693. The standard InChI is InChI=1S/C39H70O4/c1-3-5-7-8-9-10-11-12-13-14-15-16-17-18-19-23-26-29-32-36-39(42)43-37(33-6-4-2)34-30-27-24-21-20-22-25-28-31-35-38(40)41/h5,7,9-10,12-13,37H,3-4,6,8,11,14-36H2,1-2H3,(H,40,41)/b7-5-,10-9-,13-12-. The van der Waals surface area contributed by atoms with Crippen molar-refractivity contribution in [2.45, 2.75) is 200 Å². The zero-order chi connectivity index (χ0) is 31.5. The van der Waals surface area contributed by atoms with Crippen LogP contribution in [0.1, 0.15) is 194 Å². The second-order valence-corrected chi connectivity index (χ2v) is 12.4. The molecule has 4 heteroatoms. The molecule has 1 unspecified atom stereocenters. The molecule has 0 aromatic carbocycles. The lowest BCUT2D eigenvalue weighted by Gasteiger charge is -2.18. The van der Waals surface area contributed by atoms with Gasteiger partial charge >= 0.3 is 11.9 Å². The Kier molecular flexibility index (Phi) is 33.2. The number of carboxylic acid groups (broad SMARTS) is 1. The highest BCUT2D eigenvalue weighted by Crippen LogP contribution is 2.18. The molecule has 0 heterocycles. The number of rotatable bonds is 33. The Labute approximate surface area is 267 Å². The van der Waals surface area contributed by atoms with Crippen LogP contribution in [0.3, 0.4) is 0 Å². The average molecular weight is 603 g/mol. The van der Waals surface area contributed by atoms with Crippen molar-refractivity contribution >= 4 is 11.9 Å². The van der Waals surface area contributed by atoms with Gasteiger partial charge in [-0.1, -0.05) is 153 Å². The van der Waals surface area contributed by atoms with Crippen molar-refractivity contribution in [3.05, 3.63) is 36.5 Å². The number of aliphatic carboxylic acids is 1. The van der Waals surface area contributed by atoms with Gasteiger partial charge in [0.25, 0.3) is 0 Å². The maximum atomic E-state index is 12.5. The van der Waals surface area contributed by atoms with E-state index < -0.39 is 5.97 Å². The predicted octanol–water partition coefficient (Wildman–Crippen LogP) is 12.6. The van der Waals surface area contributed by atoms with Crippen LogP contribution in [0.15, 0.2) is 36.5 Å². The minimum absolute atomic E-state index is 0.0122. The largest absolute Gasteiger partial charge is 0.481 e. The molecule has 0 amide bonds. The molecule has 0 aromatic heterocycles. The van der Waals surface area contributed by atoms with Crippen LogP contribution in [0.2, 0.25) is 0 Å². The summed E-state index contributed by atoms with van der Waals surface area (Å²) in [6.07, 6.45) is 44.9. The number of hydrogen-bond donors (Lipinski definition) is 1. The topological polar surface area (TPSA) is 63.6 Å². The first-order valence-electron chi connectivity index (χ1n) is 18.5. The van der Waals surface area contributed by atoms with E-state index in [2.05, 4.69) is 50.3 Å². The van der Waals surface area contributed by atoms with Gasteiger partial charge in [0, 0.05) is 12.8 Å². The van der Waals surface area contributed by atoms with Gasteiger partial charge < -0.3 is 9.84 Å². The van der Waals surface area contributed by atoms with Gasteiger partial charge in [0.1, 0.15) is 6.10 Å². The van der Waals surface area contributed by atoms with Gasteiger partial charge in [-0.05, 0) is 64.2 Å². The van der Waals surface area contributed by atoms with Gasteiger partial charge in [0.2, 0.25) is 0 Å². The van der Waals surface area contributed by atoms with Gasteiger partial charge in [0.05, 0.1) is 0 Å². The van der Waals surface area contributed by atoms with Crippen LogP contribution < -0.4 is 0 Å². The van der Waals surface area contributed by atoms with E-state index in [1.807, 2.05) is 0 Å². The molecular formula is C39H70O4. The molecule has 0 radical (unpaired) electrons. The molecule has 0 saturated heterocycles. The molecule has 0 rings (SSSR count). The maximum Gasteiger partial charge on any atom is 0.306 e. The minimum atomic E-state index is -0.680. The molecule has 0 aliphatic carbocycles. The van der Waals surface area contributed by atoms with Gasteiger partial charge in [-0.25, -0.2) is 0 Å². The molecule has 0 aromatic rings. The summed E-state index contributed by atoms with van der Waals surface area (Å²) in [4.78, 5) is 23.0. The number of hydrogen-bond acceptors (Lipinski definition) is 3. The van der Waals surface area contributed by atoms with Crippen LogP contribution in [0.4, 0.5) is 0 Å². The number of carbonyl (C=O) groups excluding carboxylic acids is 1. The third kappa shape index (κ3) is 34.5. The van der Waals surface area contributed by atoms with Crippen molar-refractivity contribution < 1.29 is 19.4 Å². The summed E-state index contributed by atoms with van der Waals surface area (Å²) in [5, 5.41) is 8.68. The molecule has 4 nitrogen and oxygen atoms in total. The second kappa shape index (κ2) is 34.6. The summed E-state index contributed by atoms with van der Waals surface area (Å²) in [6, 6.07) is 0. The normalized spacial score (nSPS) is 12.6. The van der Waals surface area contributed by atoms with Crippen LogP contribution in [0.5, 0.6) is 0 Å². The van der Waals surface area contributed by atoms with E-state index in [9.17, 15) is 9.59 Å². The Morgan fingerprint density at radius 2 is 0.977 bits per heavy atom. The lowest BCUT2D eigenvalue weighted by molar-refractivity contribution is -0.150. The van der Waals surface area contributed by atoms with Crippen LogP contribution in [0.25, 0.3) is 0 Å². The lowest BCUT2D eigenvalue weighted by atomic mass is 10.0. The highest BCUT2D eigenvalue weighted by molar-refractivity contribution is 5.69. The first kappa shape index (κ1) is 41.2. The van der Waals surface area contributed by atoms with Crippen molar-refractivity contribution in [2.75, 3.05) is 0 Å². The zero-order valence-corrected chi connectivity index (χ0v) is 28.5. The van der Waals surface area contributed by atoms with Crippen molar-refractivity contribution in [3.8, 4) is 0 Å². The van der Waals surface area contributed by atoms with Gasteiger partial charge in [-0.2, -0.15) is 0 Å². The number of esters is 1. The van der Waals surface area contributed by atoms with E-state index in [-0.39, 0.29) is 12.1 Å². The molecule has 1 N–H and O–H groups in total. The van der Waals surface area contributed by atoms with E-state index in [1.165, 1.54) is 83.5 Å². The molecule has 0 bridgehead atoms. The monoisotopic (exact) mass is 603 g/mol. The lowest BCUT2D eigenvalue weighted by Crippen LogP contribution is -2.18. The second-order valence-electron chi connectivity index (χ2n) is 12.4. The fourth-order valence-corrected chi connectivity index (χ4v) is 5.42. The number of carboxylic acids is 1. The molecular weight excluding hydrogens is 532 g/mol. The molecule has 1 atom stereocenters. The highest BCUT2D eigenvalue weighted by Gasteiger charge is 2.13. The van der Waals surface area contributed by atoms with Crippen molar-refractivity contribution in [1.82, 2.24) is 0 Å². The molecule has 0 aliphatic heterocycles. The zero-order valence-electron chi connectivity index (χ0n) is 28.5. The Morgan fingerprint density at radius 3 is 1.51 bits per heavy atom. The number of ether oxygens (including phenoxy) is 1. The van der Waals surface area contributed by atoms with Gasteiger partial charge in [-0.15, -0.1) is 0 Å². The summed E-state index contributed by atoms with van der Waals surface area (Å²) in [6.45, 7) is 4.37. The molecule has 43 heavy (non-hydrogen) atoms. The van der Waals surface area contributed by atoms with Gasteiger partial charge in [0.15, 0.2) is 0 Å². The van der Waals surface area contributed by atoms with Crippen molar-refractivity contribution in [3.63, 3.8) is 0 Å². The summed E-state index contributed by atoms with van der Waals surface area (Å²) >= 11 is 0. The van der Waals surface area contributed by atoms with Crippen molar-refractivity contribution in [1.29, 1.82) is 0 Å². The van der Waals surface area contributed by atoms with E-state index in [1.54, 1.807) is 0 Å². The predicted molar refractivity (Wildman–Crippen MR) is 186 cm³/mol. The SMILES string of the molecule is CC/C=C\C/C=C\C/C=C\CCCCCCCCCCCC(=O)OC(CCCC)CCCCCCCCCCCC(=O)O. The van der Waals surface area contributed by atoms with Crippen LogP contribution in [-0.4, -0.2) is 23.1 Å². The average Bonchev–Trinajstić information content (AvgIpc) is 2.99. The molecule has 0 spiro atoms. The van der Waals surface area contributed by atoms with Crippen LogP contribution >= 0.6 is 0 Å². The number of carbonyl (C=O) groups is 2. The Hall–Kier alpha value is -1.84. The highest BCUT2D eigenvalue weighted by atomic mass is 16.5. The molecule has 0 fully saturated rings. The van der Waals surface area contributed by atoms with Crippen molar-refractivity contribution in [2.24, 2.45) is 0 Å². The van der Waals surface area contributed by atoms with E-state index >= 15 is 0 Å². The summed E-state index contributed by atoms with van der Waals surface area (Å²) in [5.41, 5.74) is 0. The third-order valence-electron chi connectivity index (χ3n) is 8.13. The molecule has 250 valence electrons. The van der Waals surface area contributed by atoms with E-state index in [4.69, 9.17) is 9.84 Å². The van der Waals surface area contributed by atoms with Crippen LogP contribution in [-0.2, 0) is 14.3 Å². The minimum Gasteiger partial charge on any atom is -0.481 e. The number of unbranched alkanes of at least 4 members (excludes halogenated alkanes) is 18. The fourth-order valence-electron chi connectivity index (χ4n) is 5.42. The van der Waals surface area contributed by atoms with Crippen LogP contribution in [0, 0.1) is 0 Å². The fraction of sp³-hybridized carbons (Fsp3) is 0.795.